The molecule has 0 radical (unpaired) electrons. The molecule has 0 bridgehead atoms. The number of nitrogens with zero attached hydrogens (tertiary/aromatic N) is 1. The van der Waals surface area contributed by atoms with Crippen molar-refractivity contribution in [2.24, 2.45) is 0 Å². The lowest BCUT2D eigenvalue weighted by Crippen LogP contribution is -2.48. The van der Waals surface area contributed by atoms with Crippen LogP contribution in [0.2, 0.25) is 0 Å². The van der Waals surface area contributed by atoms with Crippen molar-refractivity contribution in [3.8, 4) is 0 Å². The van der Waals surface area contributed by atoms with Crippen molar-refractivity contribution in [1.82, 2.24) is 9.99 Å². The van der Waals surface area contributed by atoms with Gasteiger partial charge in [0.1, 0.15) is 6.04 Å². The Kier molecular flexibility index (Phi) is 27.1. The van der Waals surface area contributed by atoms with Gasteiger partial charge in [0.25, 0.3) is 0 Å². The highest BCUT2D eigenvalue weighted by Crippen LogP contribution is 2.44. The summed E-state index contributed by atoms with van der Waals surface area (Å²) < 4.78 is 45.3. The van der Waals surface area contributed by atoms with E-state index in [0.717, 1.165) is 49.0 Å². The van der Waals surface area contributed by atoms with Gasteiger partial charge in [0.2, 0.25) is 5.96 Å². The second-order valence-electron chi connectivity index (χ2n) is 12.6. The number of ether oxygens (including phenoxy) is 4. The van der Waals surface area contributed by atoms with Gasteiger partial charge >= 0.3 is 26.0 Å². The first kappa shape index (κ1) is 46.7. The molecule has 3 N–H and O–H groups in total. The van der Waals surface area contributed by atoms with E-state index >= 15 is 0 Å². The molecule has 1 atom stereocenters. The number of unbranched alkanes of at least 4 members (excludes halogenated alkanes) is 12. The van der Waals surface area contributed by atoms with Crippen LogP contribution in [0, 0.1) is 5.41 Å². The molecular formula is C37H64N3O11P. The zero-order valence-electron chi connectivity index (χ0n) is 31.7. The Hall–Kier alpha value is -3.35. The summed E-state index contributed by atoms with van der Waals surface area (Å²) in [7, 11) is -2.74. The van der Waals surface area contributed by atoms with Gasteiger partial charge in [-0.3, -0.25) is 19.5 Å². The van der Waals surface area contributed by atoms with Gasteiger partial charge in [0.05, 0.1) is 39.6 Å². The number of benzene rings is 1. The van der Waals surface area contributed by atoms with Crippen LogP contribution in [0.5, 0.6) is 0 Å². The molecule has 1 aromatic carbocycles. The summed E-state index contributed by atoms with van der Waals surface area (Å²) in [5.41, 5.74) is 0.757. The zero-order valence-corrected chi connectivity index (χ0v) is 32.5. The van der Waals surface area contributed by atoms with Crippen LogP contribution >= 0.6 is 7.75 Å². The Morgan fingerprint density at radius 1 is 0.673 bits per heavy atom. The fourth-order valence-corrected chi connectivity index (χ4v) is 6.30. The lowest BCUT2D eigenvalue weighted by Gasteiger charge is -2.29. The molecule has 0 saturated carbocycles. The smallest absolute Gasteiger partial charge is 0.480 e. The fourth-order valence-electron chi connectivity index (χ4n) is 4.94. The Morgan fingerprint density at radius 3 is 1.48 bits per heavy atom. The van der Waals surface area contributed by atoms with E-state index in [1.165, 1.54) is 45.6 Å². The summed E-state index contributed by atoms with van der Waals surface area (Å²) in [6.07, 6.45) is 13.1. The zero-order chi connectivity index (χ0) is 38.3. The lowest BCUT2D eigenvalue weighted by atomic mass is 10.1. The minimum absolute atomic E-state index is 0.0582. The molecule has 0 saturated heterocycles. The quantitative estimate of drug-likeness (QED) is 0.0215. The van der Waals surface area contributed by atoms with Crippen LogP contribution in [0.25, 0.3) is 0 Å². The van der Waals surface area contributed by atoms with Gasteiger partial charge in [-0.25, -0.2) is 18.9 Å². The minimum atomic E-state index is -4.15. The number of aliphatic carboxylic acids is 1. The van der Waals surface area contributed by atoms with Crippen LogP contribution in [0.1, 0.15) is 122 Å². The number of hydrogen-bond acceptors (Lipinski definition) is 11. The third kappa shape index (κ3) is 24.0. The lowest BCUT2D eigenvalue weighted by molar-refractivity contribution is -0.141. The highest BCUT2D eigenvalue weighted by molar-refractivity contribution is 7.52. The number of likely N-dealkylation sites (N-methyl/N-ethyl adjacent to an activating group) is 1. The average Bonchev–Trinajstić information content (AvgIpc) is 3.12. The molecule has 298 valence electrons. The summed E-state index contributed by atoms with van der Waals surface area (Å²) in [4.78, 5) is 37.0. The molecule has 52 heavy (non-hydrogen) atoms. The molecule has 0 heterocycles. The van der Waals surface area contributed by atoms with Gasteiger partial charge in [-0.05, 0) is 44.1 Å². The van der Waals surface area contributed by atoms with E-state index in [9.17, 15) is 24.1 Å². The summed E-state index contributed by atoms with van der Waals surface area (Å²) in [6.45, 7) is 4.98. The molecule has 0 fully saturated rings. The molecule has 0 aliphatic carbocycles. The van der Waals surface area contributed by atoms with Crippen molar-refractivity contribution in [2.45, 2.75) is 129 Å². The van der Waals surface area contributed by atoms with E-state index in [1.807, 2.05) is 6.07 Å². The van der Waals surface area contributed by atoms with Gasteiger partial charge in [0.15, 0.2) is 0 Å². The van der Waals surface area contributed by atoms with Crippen LogP contribution in [0.4, 0.5) is 9.59 Å². The van der Waals surface area contributed by atoms with Crippen molar-refractivity contribution < 1.29 is 52.1 Å². The van der Waals surface area contributed by atoms with Crippen molar-refractivity contribution >= 4 is 32.0 Å². The normalized spacial score (nSPS) is 11.8. The maximum atomic E-state index is 13.7. The number of carbonyl (C=O) groups excluding carboxylic acids is 2. The van der Waals surface area contributed by atoms with Gasteiger partial charge in [-0.15, -0.1) is 0 Å². The third-order valence-electron chi connectivity index (χ3n) is 8.10. The fraction of sp³-hybridized carbons (Fsp3) is 0.730. The topological polar surface area (TPSA) is 183 Å². The summed E-state index contributed by atoms with van der Waals surface area (Å²) >= 11 is 0. The number of hydrogen-bond donors (Lipinski definition) is 3. The molecular weight excluding hydrogens is 693 g/mol. The van der Waals surface area contributed by atoms with Crippen LogP contribution in [-0.4, -0.2) is 87.0 Å². The van der Waals surface area contributed by atoms with Crippen molar-refractivity contribution in [3.05, 3.63) is 35.9 Å². The number of rotatable bonds is 31. The summed E-state index contributed by atoms with van der Waals surface area (Å²) in [5, 5.41) is 20.9. The Labute approximate surface area is 310 Å². The molecule has 1 rings (SSSR count). The molecule has 0 spiro atoms. The highest BCUT2D eigenvalue weighted by atomic mass is 31.2. The predicted molar refractivity (Wildman–Crippen MR) is 200 cm³/mol. The number of carbonyl (C=O) groups is 3. The van der Waals surface area contributed by atoms with Crippen molar-refractivity contribution in [2.75, 3.05) is 46.7 Å². The molecule has 0 aliphatic heterocycles. The van der Waals surface area contributed by atoms with Crippen molar-refractivity contribution in [1.29, 1.82) is 5.41 Å². The van der Waals surface area contributed by atoms with Crippen LogP contribution in [0.3, 0.4) is 0 Å². The van der Waals surface area contributed by atoms with Crippen LogP contribution < -0.4 is 5.09 Å². The Balaban J connectivity index is 2.56. The maximum absolute atomic E-state index is 13.7. The number of carboxylic acids is 1. The number of guanidine groups is 1. The second-order valence-corrected chi connectivity index (χ2v) is 14.4. The molecule has 0 aliphatic rings. The van der Waals surface area contributed by atoms with E-state index in [4.69, 9.17) is 33.4 Å². The van der Waals surface area contributed by atoms with E-state index in [2.05, 4.69) is 18.9 Å². The number of carboxylic acid groups (broad SMARTS) is 1. The average molecular weight is 758 g/mol. The maximum Gasteiger partial charge on any atom is 0.508 e. The molecule has 0 aromatic heterocycles. The molecule has 14 nitrogen and oxygen atoms in total. The summed E-state index contributed by atoms with van der Waals surface area (Å²) in [6, 6.07) is 7.85. The Bertz CT molecular complexity index is 1110. The van der Waals surface area contributed by atoms with E-state index < -0.39 is 38.0 Å². The first-order chi connectivity index (χ1) is 25.1. The van der Waals surface area contributed by atoms with Gasteiger partial charge < -0.3 is 29.0 Å². The highest BCUT2D eigenvalue weighted by Gasteiger charge is 2.32. The third-order valence-corrected chi connectivity index (χ3v) is 9.63. The molecule has 0 amide bonds. The van der Waals surface area contributed by atoms with E-state index in [-0.39, 0.29) is 32.8 Å². The Morgan fingerprint density at radius 2 is 1.06 bits per heavy atom. The van der Waals surface area contributed by atoms with Gasteiger partial charge in [-0.2, -0.15) is 0 Å². The van der Waals surface area contributed by atoms with Gasteiger partial charge in [-0.1, -0.05) is 108 Å². The minimum Gasteiger partial charge on any atom is -0.480 e. The number of nitrogens with one attached hydrogen (secondary N) is 2. The monoisotopic (exact) mass is 757 g/mol. The van der Waals surface area contributed by atoms with Crippen LogP contribution in [-0.2, 0) is 43.8 Å². The first-order valence-electron chi connectivity index (χ1n) is 19.0. The van der Waals surface area contributed by atoms with Crippen LogP contribution in [0.15, 0.2) is 30.3 Å². The predicted octanol–water partition coefficient (Wildman–Crippen LogP) is 8.87. The SMILES string of the molecule is CCCCCCCCOC(=O)OCCCCOP(=O)(NC(=N)N(C)C(Cc1ccccc1)C(=O)O)OCCCCOC(=O)OCCCCCCCC. The molecule has 15 heteroatoms. The van der Waals surface area contributed by atoms with E-state index in [1.54, 1.807) is 24.3 Å². The standard InChI is InChI=1S/C37H64N3O11P/c1-4-6-8-10-12-17-25-46-36(43)48-27-19-21-29-50-52(45,39-35(38)40(3)33(34(41)42)31-32-23-15-14-16-24-32)51-30-22-20-28-49-37(44)47-26-18-13-11-9-7-5-2/h14-16,23-24,33H,4-13,17-22,25-31H2,1-3H3,(H,41,42)(H2,38,39,45). The second kappa shape index (κ2) is 30.1. The molecule has 1 unspecified atom stereocenters. The first-order valence-corrected chi connectivity index (χ1v) is 20.5. The van der Waals surface area contributed by atoms with Crippen molar-refractivity contribution in [3.63, 3.8) is 0 Å². The van der Waals surface area contributed by atoms with Gasteiger partial charge in [0, 0.05) is 13.5 Å². The summed E-state index contributed by atoms with van der Waals surface area (Å²) in [5.74, 6) is -1.62. The van der Waals surface area contributed by atoms with E-state index in [0.29, 0.717) is 38.9 Å². The largest absolute Gasteiger partial charge is 0.508 e. The molecule has 1 aromatic rings.